The van der Waals surface area contributed by atoms with Crippen molar-refractivity contribution in [3.05, 3.63) is 36.5 Å². The summed E-state index contributed by atoms with van der Waals surface area (Å²) < 4.78 is 5.26. The lowest BCUT2D eigenvalue weighted by atomic mass is 9.91. The fourth-order valence-corrected chi connectivity index (χ4v) is 1.12. The first-order chi connectivity index (χ1) is 5.60. The third kappa shape index (κ3) is 1.38. The zero-order valence-electron chi connectivity index (χ0n) is 7.33. The highest BCUT2D eigenvalue weighted by atomic mass is 16.5. The van der Waals surface area contributed by atoms with E-state index >= 15 is 0 Å². The minimum absolute atomic E-state index is 0.0103. The lowest BCUT2D eigenvalue weighted by Gasteiger charge is -2.27. The van der Waals surface area contributed by atoms with E-state index < -0.39 is 5.60 Å². The second-order valence-corrected chi connectivity index (χ2v) is 2.85. The van der Waals surface area contributed by atoms with Gasteiger partial charge in [-0.2, -0.15) is 0 Å². The lowest BCUT2D eigenvalue weighted by molar-refractivity contribution is -0.110. The standard InChI is InChI=1S/C10H12O2/c1-8(2)10(12-3)6-4-9(11)5-7-10/h4-7H,1H2,2-3H3. The molecule has 1 aliphatic rings. The van der Waals surface area contributed by atoms with Gasteiger partial charge in [-0.1, -0.05) is 6.58 Å². The predicted molar refractivity (Wildman–Crippen MR) is 47.8 cm³/mol. The van der Waals surface area contributed by atoms with Gasteiger partial charge >= 0.3 is 0 Å². The number of methoxy groups -OCH3 is 1. The van der Waals surface area contributed by atoms with Gasteiger partial charge in [-0.25, -0.2) is 0 Å². The average Bonchev–Trinajstić information content (AvgIpc) is 2.06. The molecule has 0 heterocycles. The molecule has 0 aliphatic heterocycles. The maximum atomic E-state index is 10.8. The summed E-state index contributed by atoms with van der Waals surface area (Å²) in [5.74, 6) is -0.0103. The van der Waals surface area contributed by atoms with Crippen LogP contribution >= 0.6 is 0 Å². The first-order valence-corrected chi connectivity index (χ1v) is 3.74. The van der Waals surface area contributed by atoms with Gasteiger partial charge in [-0.3, -0.25) is 4.79 Å². The monoisotopic (exact) mass is 164 g/mol. The second-order valence-electron chi connectivity index (χ2n) is 2.85. The van der Waals surface area contributed by atoms with E-state index in [1.165, 1.54) is 12.2 Å². The Morgan fingerprint density at radius 2 is 2.00 bits per heavy atom. The van der Waals surface area contributed by atoms with Crippen LogP contribution in [-0.4, -0.2) is 18.5 Å². The first kappa shape index (κ1) is 8.94. The number of allylic oxidation sites excluding steroid dienone is 2. The zero-order valence-corrected chi connectivity index (χ0v) is 7.33. The molecule has 0 aromatic heterocycles. The Bertz CT molecular complexity index is 256. The van der Waals surface area contributed by atoms with Crippen molar-refractivity contribution in [3.63, 3.8) is 0 Å². The highest BCUT2D eigenvalue weighted by Crippen LogP contribution is 2.25. The van der Waals surface area contributed by atoms with Crippen molar-refractivity contribution in [1.82, 2.24) is 0 Å². The summed E-state index contributed by atoms with van der Waals surface area (Å²) >= 11 is 0. The van der Waals surface area contributed by atoms with Crippen LogP contribution in [0.15, 0.2) is 36.5 Å². The lowest BCUT2D eigenvalue weighted by Crippen LogP contribution is -2.29. The molecule has 0 amide bonds. The van der Waals surface area contributed by atoms with E-state index in [0.29, 0.717) is 0 Å². The van der Waals surface area contributed by atoms with Crippen molar-refractivity contribution >= 4 is 5.78 Å². The van der Waals surface area contributed by atoms with E-state index in [1.54, 1.807) is 19.3 Å². The van der Waals surface area contributed by atoms with Gasteiger partial charge in [0, 0.05) is 7.11 Å². The Labute approximate surface area is 72.2 Å². The second kappa shape index (κ2) is 3.07. The Morgan fingerprint density at radius 1 is 1.50 bits per heavy atom. The highest BCUT2D eigenvalue weighted by Gasteiger charge is 2.26. The fraction of sp³-hybridized carbons (Fsp3) is 0.300. The van der Waals surface area contributed by atoms with Gasteiger partial charge in [0.2, 0.25) is 0 Å². The van der Waals surface area contributed by atoms with E-state index in [0.717, 1.165) is 5.57 Å². The maximum absolute atomic E-state index is 10.8. The zero-order chi connectivity index (χ0) is 9.19. The summed E-state index contributed by atoms with van der Waals surface area (Å²) in [6, 6.07) is 0. The van der Waals surface area contributed by atoms with Gasteiger partial charge in [0.25, 0.3) is 0 Å². The molecule has 0 spiro atoms. The van der Waals surface area contributed by atoms with Gasteiger partial charge in [0.05, 0.1) is 0 Å². The molecule has 64 valence electrons. The summed E-state index contributed by atoms with van der Waals surface area (Å²) in [6.07, 6.45) is 6.44. The van der Waals surface area contributed by atoms with Crippen LogP contribution in [-0.2, 0) is 9.53 Å². The van der Waals surface area contributed by atoms with Crippen LogP contribution in [0.1, 0.15) is 6.92 Å². The number of ether oxygens (including phenoxy) is 1. The molecule has 0 aromatic rings. The smallest absolute Gasteiger partial charge is 0.178 e. The molecular formula is C10H12O2. The van der Waals surface area contributed by atoms with E-state index in [4.69, 9.17) is 4.74 Å². The van der Waals surface area contributed by atoms with Crippen molar-refractivity contribution in [3.8, 4) is 0 Å². The Kier molecular flexibility index (Phi) is 2.29. The van der Waals surface area contributed by atoms with Crippen LogP contribution in [0, 0.1) is 0 Å². The number of hydrogen-bond acceptors (Lipinski definition) is 2. The number of rotatable bonds is 2. The summed E-state index contributed by atoms with van der Waals surface area (Å²) in [7, 11) is 1.60. The topological polar surface area (TPSA) is 26.3 Å². The molecule has 0 saturated heterocycles. The Balaban J connectivity index is 2.99. The third-order valence-corrected chi connectivity index (χ3v) is 2.00. The van der Waals surface area contributed by atoms with Crippen LogP contribution in [0.5, 0.6) is 0 Å². The molecule has 0 radical (unpaired) electrons. The number of carbonyl (C=O) groups excluding carboxylic acids is 1. The van der Waals surface area contributed by atoms with Gasteiger partial charge in [-0.15, -0.1) is 0 Å². The average molecular weight is 164 g/mol. The van der Waals surface area contributed by atoms with Crippen molar-refractivity contribution in [2.24, 2.45) is 0 Å². The molecule has 0 N–H and O–H groups in total. The van der Waals surface area contributed by atoms with Gasteiger partial charge in [0.1, 0.15) is 5.60 Å². The molecule has 1 aliphatic carbocycles. The molecule has 0 aromatic carbocycles. The largest absolute Gasteiger partial charge is 0.366 e. The third-order valence-electron chi connectivity index (χ3n) is 2.00. The molecule has 0 unspecified atom stereocenters. The van der Waals surface area contributed by atoms with Gasteiger partial charge in [0.15, 0.2) is 5.78 Å². The van der Waals surface area contributed by atoms with Crippen molar-refractivity contribution in [2.75, 3.05) is 7.11 Å². The maximum Gasteiger partial charge on any atom is 0.178 e. The van der Waals surface area contributed by atoms with E-state index in [2.05, 4.69) is 6.58 Å². The van der Waals surface area contributed by atoms with Crippen molar-refractivity contribution in [2.45, 2.75) is 12.5 Å². The predicted octanol–water partition coefficient (Wildman–Crippen LogP) is 1.64. The minimum Gasteiger partial charge on any atom is -0.366 e. The molecule has 2 nitrogen and oxygen atoms in total. The van der Waals surface area contributed by atoms with Crippen molar-refractivity contribution < 1.29 is 9.53 Å². The SMILES string of the molecule is C=C(C)C1(OC)C=CC(=O)C=C1. The Morgan fingerprint density at radius 3 is 2.33 bits per heavy atom. The fourth-order valence-electron chi connectivity index (χ4n) is 1.12. The van der Waals surface area contributed by atoms with E-state index in [1.807, 2.05) is 6.92 Å². The van der Waals surface area contributed by atoms with Gasteiger partial charge < -0.3 is 4.74 Å². The highest BCUT2D eigenvalue weighted by molar-refractivity contribution is 6.00. The van der Waals surface area contributed by atoms with Crippen LogP contribution < -0.4 is 0 Å². The van der Waals surface area contributed by atoms with Gasteiger partial charge in [-0.05, 0) is 36.8 Å². The minimum atomic E-state index is -0.575. The normalized spacial score (nSPS) is 19.7. The van der Waals surface area contributed by atoms with Crippen LogP contribution in [0.4, 0.5) is 0 Å². The van der Waals surface area contributed by atoms with Crippen molar-refractivity contribution in [1.29, 1.82) is 0 Å². The summed E-state index contributed by atoms with van der Waals surface area (Å²) in [5.41, 5.74) is 0.290. The number of hydrogen-bond donors (Lipinski definition) is 0. The molecule has 0 atom stereocenters. The molecule has 0 fully saturated rings. The van der Waals surface area contributed by atoms with E-state index in [9.17, 15) is 4.79 Å². The summed E-state index contributed by atoms with van der Waals surface area (Å²) in [4.78, 5) is 10.8. The summed E-state index contributed by atoms with van der Waals surface area (Å²) in [5, 5.41) is 0. The quantitative estimate of drug-likeness (QED) is 0.580. The molecule has 0 saturated carbocycles. The van der Waals surface area contributed by atoms with Crippen LogP contribution in [0.25, 0.3) is 0 Å². The van der Waals surface area contributed by atoms with E-state index in [-0.39, 0.29) is 5.78 Å². The molecule has 0 bridgehead atoms. The number of carbonyl (C=O) groups is 1. The van der Waals surface area contributed by atoms with Crippen LogP contribution in [0.2, 0.25) is 0 Å². The molecular weight excluding hydrogens is 152 g/mol. The molecule has 12 heavy (non-hydrogen) atoms. The first-order valence-electron chi connectivity index (χ1n) is 3.74. The summed E-state index contributed by atoms with van der Waals surface area (Å²) in [6.45, 7) is 5.68. The van der Waals surface area contributed by atoms with Crippen LogP contribution in [0.3, 0.4) is 0 Å². The Hall–Kier alpha value is -1.15. The molecule has 1 rings (SSSR count). The number of ketones is 1. The molecule has 2 heteroatoms.